The molecule has 1 unspecified atom stereocenters. The van der Waals surface area contributed by atoms with E-state index in [-0.39, 0.29) is 23.4 Å². The number of ether oxygens (including phenoxy) is 1. The molecule has 2 rings (SSSR count). The average Bonchev–Trinajstić information content (AvgIpc) is 3.37. The van der Waals surface area contributed by atoms with Crippen LogP contribution in [0.5, 0.6) is 0 Å². The Bertz CT molecular complexity index is 627. The van der Waals surface area contributed by atoms with Gasteiger partial charge in [0.15, 0.2) is 0 Å². The fourth-order valence-electron chi connectivity index (χ4n) is 2.15. The van der Waals surface area contributed by atoms with Gasteiger partial charge in [0.25, 0.3) is 5.91 Å². The van der Waals surface area contributed by atoms with Gasteiger partial charge in [-0.05, 0) is 43.0 Å². The molecule has 128 valence electrons. The molecule has 1 saturated carbocycles. The maximum absolute atomic E-state index is 12.0. The summed E-state index contributed by atoms with van der Waals surface area (Å²) in [5.74, 6) is 0.262. The predicted molar refractivity (Wildman–Crippen MR) is 86.5 cm³/mol. The van der Waals surface area contributed by atoms with Crippen LogP contribution >= 0.6 is 0 Å². The minimum absolute atomic E-state index is 0.0106. The summed E-state index contributed by atoms with van der Waals surface area (Å²) in [6.45, 7) is 0.920. The number of hydrogen-bond donors (Lipinski definition) is 3. The largest absolute Gasteiger partial charge is 0.383 e. The maximum atomic E-state index is 12.0. The molecule has 23 heavy (non-hydrogen) atoms. The molecular weight excluding hydrogens is 318 g/mol. The highest BCUT2D eigenvalue weighted by molar-refractivity contribution is 7.89. The minimum atomic E-state index is -3.59. The summed E-state index contributed by atoms with van der Waals surface area (Å²) in [4.78, 5) is 12.1. The first-order valence-electron chi connectivity index (χ1n) is 7.56. The molecular formula is C15H23N3O4S. The SMILES string of the molecule is COCCNS(=O)(=O)c1ccc(C(=O)NCC(N)C2CC2)cc1. The fourth-order valence-corrected chi connectivity index (χ4v) is 3.16. The van der Waals surface area contributed by atoms with Crippen molar-refractivity contribution in [3.05, 3.63) is 29.8 Å². The number of hydrogen-bond acceptors (Lipinski definition) is 5. The molecule has 0 radical (unpaired) electrons. The van der Waals surface area contributed by atoms with Gasteiger partial charge in [-0.2, -0.15) is 0 Å². The Morgan fingerprint density at radius 3 is 2.57 bits per heavy atom. The lowest BCUT2D eigenvalue weighted by atomic mass is 10.2. The van der Waals surface area contributed by atoms with Crippen LogP contribution < -0.4 is 15.8 Å². The van der Waals surface area contributed by atoms with E-state index in [0.29, 0.717) is 24.6 Å². The molecule has 0 heterocycles. The van der Waals surface area contributed by atoms with Crippen molar-refractivity contribution in [1.29, 1.82) is 0 Å². The molecule has 1 aliphatic rings. The molecule has 8 heteroatoms. The Hall–Kier alpha value is -1.48. The molecule has 0 aromatic heterocycles. The van der Waals surface area contributed by atoms with Gasteiger partial charge >= 0.3 is 0 Å². The van der Waals surface area contributed by atoms with Gasteiger partial charge in [-0.1, -0.05) is 0 Å². The highest BCUT2D eigenvalue weighted by Gasteiger charge is 2.28. The number of carbonyl (C=O) groups is 1. The van der Waals surface area contributed by atoms with Gasteiger partial charge in [0.05, 0.1) is 11.5 Å². The highest BCUT2D eigenvalue weighted by Crippen LogP contribution is 2.31. The summed E-state index contributed by atoms with van der Waals surface area (Å²) >= 11 is 0. The van der Waals surface area contributed by atoms with E-state index in [1.54, 1.807) is 0 Å². The van der Waals surface area contributed by atoms with Crippen molar-refractivity contribution < 1.29 is 17.9 Å². The van der Waals surface area contributed by atoms with E-state index in [1.165, 1.54) is 31.4 Å². The second-order valence-electron chi connectivity index (χ2n) is 5.63. The van der Waals surface area contributed by atoms with E-state index in [4.69, 9.17) is 10.5 Å². The van der Waals surface area contributed by atoms with Gasteiger partial charge in [0.1, 0.15) is 0 Å². The van der Waals surface area contributed by atoms with Gasteiger partial charge < -0.3 is 15.8 Å². The third-order valence-electron chi connectivity index (χ3n) is 3.75. The van der Waals surface area contributed by atoms with Crippen LogP contribution in [0.1, 0.15) is 23.2 Å². The van der Waals surface area contributed by atoms with Crippen molar-refractivity contribution in [3.8, 4) is 0 Å². The zero-order chi connectivity index (χ0) is 16.9. The fraction of sp³-hybridized carbons (Fsp3) is 0.533. The van der Waals surface area contributed by atoms with Crippen LogP contribution in [0.15, 0.2) is 29.2 Å². The second kappa shape index (κ2) is 7.87. The number of sulfonamides is 1. The molecule has 0 bridgehead atoms. The highest BCUT2D eigenvalue weighted by atomic mass is 32.2. The molecule has 1 amide bonds. The Balaban J connectivity index is 1.91. The van der Waals surface area contributed by atoms with Gasteiger partial charge in [-0.25, -0.2) is 13.1 Å². The molecule has 1 aromatic carbocycles. The summed E-state index contributed by atoms with van der Waals surface area (Å²) in [7, 11) is -2.09. The summed E-state index contributed by atoms with van der Waals surface area (Å²) in [5, 5.41) is 2.77. The Morgan fingerprint density at radius 1 is 1.35 bits per heavy atom. The Morgan fingerprint density at radius 2 is 2.00 bits per heavy atom. The van der Waals surface area contributed by atoms with Gasteiger partial charge in [-0.3, -0.25) is 4.79 Å². The molecule has 1 atom stereocenters. The van der Waals surface area contributed by atoms with Crippen molar-refractivity contribution in [2.45, 2.75) is 23.8 Å². The van der Waals surface area contributed by atoms with Crippen LogP contribution in [0.4, 0.5) is 0 Å². The molecule has 4 N–H and O–H groups in total. The van der Waals surface area contributed by atoms with E-state index < -0.39 is 10.0 Å². The third kappa shape index (κ3) is 5.28. The molecule has 1 fully saturated rings. The zero-order valence-corrected chi connectivity index (χ0v) is 13.9. The van der Waals surface area contributed by atoms with Gasteiger partial charge in [0.2, 0.25) is 10.0 Å². The standard InChI is InChI=1S/C15H23N3O4S/c1-22-9-8-18-23(20,21)13-6-4-12(5-7-13)15(19)17-10-14(16)11-2-3-11/h4-7,11,14,18H,2-3,8-10,16H2,1H3,(H,17,19). The topological polar surface area (TPSA) is 111 Å². The normalized spacial score (nSPS) is 16.1. The van der Waals surface area contributed by atoms with Crippen molar-refractivity contribution in [2.24, 2.45) is 11.7 Å². The average molecular weight is 341 g/mol. The molecule has 1 aliphatic carbocycles. The van der Waals surface area contributed by atoms with Crippen molar-refractivity contribution in [3.63, 3.8) is 0 Å². The summed E-state index contributed by atoms with van der Waals surface area (Å²) in [6.07, 6.45) is 2.25. The van der Waals surface area contributed by atoms with E-state index in [2.05, 4.69) is 10.0 Å². The summed E-state index contributed by atoms with van der Waals surface area (Å²) < 4.78 is 31.2. The van der Waals surface area contributed by atoms with Gasteiger partial charge in [0, 0.05) is 31.8 Å². The predicted octanol–water partition coefficient (Wildman–Crippen LogP) is 0.0784. The number of nitrogens with two attached hydrogens (primary N) is 1. The second-order valence-corrected chi connectivity index (χ2v) is 7.39. The van der Waals surface area contributed by atoms with E-state index in [9.17, 15) is 13.2 Å². The monoisotopic (exact) mass is 341 g/mol. The number of methoxy groups -OCH3 is 1. The zero-order valence-electron chi connectivity index (χ0n) is 13.1. The van der Waals surface area contributed by atoms with E-state index in [1.807, 2.05) is 0 Å². The van der Waals surface area contributed by atoms with E-state index in [0.717, 1.165) is 12.8 Å². The van der Waals surface area contributed by atoms with Crippen LogP contribution in [-0.2, 0) is 14.8 Å². The summed E-state index contributed by atoms with van der Waals surface area (Å²) in [5.41, 5.74) is 6.34. The van der Waals surface area contributed by atoms with Crippen LogP contribution in [0.2, 0.25) is 0 Å². The molecule has 0 saturated heterocycles. The molecule has 0 aliphatic heterocycles. The van der Waals surface area contributed by atoms with Crippen molar-refractivity contribution in [1.82, 2.24) is 10.0 Å². The Labute approximate surface area is 136 Å². The lowest BCUT2D eigenvalue weighted by molar-refractivity contribution is 0.0950. The molecule has 7 nitrogen and oxygen atoms in total. The Kier molecular flexibility index (Phi) is 6.11. The molecule has 1 aromatic rings. The quantitative estimate of drug-likeness (QED) is 0.551. The first-order chi connectivity index (χ1) is 10.9. The van der Waals surface area contributed by atoms with Crippen LogP contribution in [0.25, 0.3) is 0 Å². The number of carbonyl (C=O) groups excluding carboxylic acids is 1. The summed E-state index contributed by atoms with van der Waals surface area (Å²) in [6, 6.07) is 5.78. The first kappa shape index (κ1) is 17.9. The molecule has 0 spiro atoms. The van der Waals surface area contributed by atoms with E-state index >= 15 is 0 Å². The number of nitrogens with one attached hydrogen (secondary N) is 2. The van der Waals surface area contributed by atoms with Crippen LogP contribution in [0.3, 0.4) is 0 Å². The minimum Gasteiger partial charge on any atom is -0.383 e. The van der Waals surface area contributed by atoms with Crippen LogP contribution in [0, 0.1) is 5.92 Å². The van der Waals surface area contributed by atoms with Crippen molar-refractivity contribution >= 4 is 15.9 Å². The van der Waals surface area contributed by atoms with Crippen molar-refractivity contribution in [2.75, 3.05) is 26.8 Å². The van der Waals surface area contributed by atoms with Gasteiger partial charge in [-0.15, -0.1) is 0 Å². The lowest BCUT2D eigenvalue weighted by Gasteiger charge is -2.12. The first-order valence-corrected chi connectivity index (χ1v) is 9.05. The number of benzene rings is 1. The van der Waals surface area contributed by atoms with Crippen LogP contribution in [-0.4, -0.2) is 47.2 Å². The third-order valence-corrected chi connectivity index (χ3v) is 5.23. The maximum Gasteiger partial charge on any atom is 0.251 e. The smallest absolute Gasteiger partial charge is 0.251 e. The number of amides is 1. The lowest BCUT2D eigenvalue weighted by Crippen LogP contribution is -2.38. The number of rotatable bonds is 9.